The zero-order chi connectivity index (χ0) is 18.1. The van der Waals surface area contributed by atoms with Crippen LogP contribution >= 0.6 is 0 Å². The lowest BCUT2D eigenvalue weighted by Crippen LogP contribution is -2.46. The maximum absolute atomic E-state index is 13.2. The monoisotopic (exact) mass is 318 g/mol. The van der Waals surface area contributed by atoms with Gasteiger partial charge in [-0.05, 0) is 43.6 Å². The Hall–Kier alpha value is -1.31. The average Bonchev–Trinajstić information content (AvgIpc) is 2.35. The molecular formula is C21H34O2. The Kier molecular flexibility index (Phi) is 5.40. The van der Waals surface area contributed by atoms with Gasteiger partial charge in [0.1, 0.15) is 5.60 Å². The van der Waals surface area contributed by atoms with Gasteiger partial charge >= 0.3 is 5.97 Å². The van der Waals surface area contributed by atoms with Crippen molar-refractivity contribution in [2.45, 2.75) is 74.3 Å². The molecule has 0 saturated heterocycles. The Morgan fingerprint density at radius 1 is 0.870 bits per heavy atom. The van der Waals surface area contributed by atoms with Gasteiger partial charge in [-0.3, -0.25) is 4.79 Å². The van der Waals surface area contributed by atoms with Crippen LogP contribution < -0.4 is 0 Å². The van der Waals surface area contributed by atoms with Gasteiger partial charge in [0.15, 0.2) is 0 Å². The molecule has 130 valence electrons. The summed E-state index contributed by atoms with van der Waals surface area (Å²) < 4.78 is 6.02. The van der Waals surface area contributed by atoms with Crippen LogP contribution in [0.5, 0.6) is 0 Å². The molecule has 0 radical (unpaired) electrons. The maximum Gasteiger partial charge on any atom is 0.313 e. The molecule has 0 saturated carbocycles. The SMILES string of the molecule is CC(C)(C)CC(C)(C(=O)OC(C)(C)c1ccccc1)C(C)(C)C. The minimum absolute atomic E-state index is 0.0535. The van der Waals surface area contributed by atoms with E-state index in [9.17, 15) is 4.79 Å². The van der Waals surface area contributed by atoms with E-state index in [1.807, 2.05) is 51.1 Å². The summed E-state index contributed by atoms with van der Waals surface area (Å²) in [7, 11) is 0. The Bertz CT molecular complexity index is 529. The van der Waals surface area contributed by atoms with Gasteiger partial charge in [0.05, 0.1) is 5.41 Å². The lowest BCUT2D eigenvalue weighted by atomic mass is 9.61. The second-order valence-electron chi connectivity index (χ2n) is 9.59. The van der Waals surface area contributed by atoms with Gasteiger partial charge in [-0.2, -0.15) is 0 Å². The van der Waals surface area contributed by atoms with E-state index < -0.39 is 11.0 Å². The molecule has 1 aromatic carbocycles. The molecule has 23 heavy (non-hydrogen) atoms. The molecule has 1 unspecified atom stereocenters. The quantitative estimate of drug-likeness (QED) is 0.641. The first-order chi connectivity index (χ1) is 10.2. The fraction of sp³-hybridized carbons (Fsp3) is 0.667. The van der Waals surface area contributed by atoms with Gasteiger partial charge in [0.2, 0.25) is 0 Å². The van der Waals surface area contributed by atoms with Crippen LogP contribution in [-0.2, 0) is 15.1 Å². The van der Waals surface area contributed by atoms with E-state index in [1.54, 1.807) is 0 Å². The molecule has 0 spiro atoms. The van der Waals surface area contributed by atoms with E-state index in [0.29, 0.717) is 0 Å². The zero-order valence-corrected chi connectivity index (χ0v) is 16.4. The summed E-state index contributed by atoms with van der Waals surface area (Å²) in [5.41, 5.74) is -0.289. The predicted molar refractivity (Wildman–Crippen MR) is 97.2 cm³/mol. The summed E-state index contributed by atoms with van der Waals surface area (Å²) in [6.07, 6.45) is 0.785. The van der Waals surface area contributed by atoms with E-state index in [2.05, 4.69) is 41.5 Å². The molecule has 0 bridgehead atoms. The lowest BCUT2D eigenvalue weighted by Gasteiger charge is -2.45. The molecule has 0 aliphatic rings. The summed E-state index contributed by atoms with van der Waals surface area (Å²) in [6.45, 7) is 18.8. The minimum atomic E-state index is -0.636. The number of ether oxygens (including phenoxy) is 1. The molecule has 0 N–H and O–H groups in total. The highest BCUT2D eigenvalue weighted by Gasteiger charge is 2.49. The van der Waals surface area contributed by atoms with Crippen LogP contribution in [0.2, 0.25) is 0 Å². The third-order valence-corrected chi connectivity index (χ3v) is 4.81. The van der Waals surface area contributed by atoms with Gasteiger partial charge in [0, 0.05) is 0 Å². The summed E-state index contributed by atoms with van der Waals surface area (Å²) in [5.74, 6) is -0.117. The van der Waals surface area contributed by atoms with Crippen LogP contribution in [0.1, 0.15) is 74.3 Å². The fourth-order valence-corrected chi connectivity index (χ4v) is 2.95. The number of rotatable bonds is 4. The molecule has 0 heterocycles. The van der Waals surface area contributed by atoms with Gasteiger partial charge in [-0.15, -0.1) is 0 Å². The van der Waals surface area contributed by atoms with Gasteiger partial charge < -0.3 is 4.74 Å². The van der Waals surface area contributed by atoms with Crippen LogP contribution in [0.15, 0.2) is 30.3 Å². The van der Waals surface area contributed by atoms with Crippen LogP contribution in [0.4, 0.5) is 0 Å². The number of esters is 1. The number of carbonyl (C=O) groups is 1. The highest BCUT2D eigenvalue weighted by atomic mass is 16.6. The number of benzene rings is 1. The molecule has 2 nitrogen and oxygen atoms in total. The topological polar surface area (TPSA) is 26.3 Å². The van der Waals surface area contributed by atoms with Crippen molar-refractivity contribution in [2.24, 2.45) is 16.2 Å². The zero-order valence-electron chi connectivity index (χ0n) is 16.4. The smallest absolute Gasteiger partial charge is 0.313 e. The molecule has 1 atom stereocenters. The maximum atomic E-state index is 13.2. The normalized spacial score (nSPS) is 15.9. The van der Waals surface area contributed by atoms with Gasteiger partial charge in [-0.25, -0.2) is 0 Å². The van der Waals surface area contributed by atoms with Crippen molar-refractivity contribution in [1.82, 2.24) is 0 Å². The Morgan fingerprint density at radius 2 is 1.35 bits per heavy atom. The molecule has 0 aliphatic carbocycles. The Labute approximate surface area is 142 Å². The van der Waals surface area contributed by atoms with Crippen molar-refractivity contribution in [3.05, 3.63) is 35.9 Å². The highest BCUT2D eigenvalue weighted by molar-refractivity contribution is 5.78. The van der Waals surface area contributed by atoms with Crippen molar-refractivity contribution >= 4 is 5.97 Å². The van der Waals surface area contributed by atoms with Crippen molar-refractivity contribution in [2.75, 3.05) is 0 Å². The highest BCUT2D eigenvalue weighted by Crippen LogP contribution is 2.48. The van der Waals surface area contributed by atoms with E-state index in [0.717, 1.165) is 12.0 Å². The Morgan fingerprint density at radius 3 is 1.74 bits per heavy atom. The summed E-state index contributed by atoms with van der Waals surface area (Å²) in [6, 6.07) is 9.93. The first kappa shape index (κ1) is 19.7. The van der Waals surface area contributed by atoms with E-state index in [-0.39, 0.29) is 16.8 Å². The van der Waals surface area contributed by atoms with E-state index in [1.165, 1.54) is 0 Å². The largest absolute Gasteiger partial charge is 0.454 e. The molecule has 0 aliphatic heterocycles. The average molecular weight is 319 g/mol. The predicted octanol–water partition coefficient (Wildman–Crippen LogP) is 5.95. The van der Waals surface area contributed by atoms with E-state index >= 15 is 0 Å². The van der Waals surface area contributed by atoms with Crippen LogP contribution in [-0.4, -0.2) is 5.97 Å². The second kappa shape index (κ2) is 6.30. The standard InChI is InChI=1S/C21H34O2/c1-18(2,3)15-21(9,19(4,5)6)17(22)23-20(7,8)16-13-11-10-12-14-16/h10-14H,15H2,1-9H3. The molecule has 1 aromatic rings. The molecule has 0 aromatic heterocycles. The van der Waals surface area contributed by atoms with Crippen LogP contribution in [0, 0.1) is 16.2 Å². The first-order valence-electron chi connectivity index (χ1n) is 8.48. The van der Waals surface area contributed by atoms with Crippen LogP contribution in [0.3, 0.4) is 0 Å². The molecular weight excluding hydrogens is 284 g/mol. The Balaban J connectivity index is 3.12. The van der Waals surface area contributed by atoms with Crippen LogP contribution in [0.25, 0.3) is 0 Å². The summed E-state index contributed by atoms with van der Waals surface area (Å²) in [5, 5.41) is 0. The summed E-state index contributed by atoms with van der Waals surface area (Å²) >= 11 is 0. The lowest BCUT2D eigenvalue weighted by molar-refractivity contribution is -0.179. The molecule has 0 amide bonds. The summed E-state index contributed by atoms with van der Waals surface area (Å²) in [4.78, 5) is 13.2. The van der Waals surface area contributed by atoms with Crippen molar-refractivity contribution < 1.29 is 9.53 Å². The molecule has 2 heteroatoms. The van der Waals surface area contributed by atoms with Crippen molar-refractivity contribution in [3.63, 3.8) is 0 Å². The molecule has 1 rings (SSSR count). The van der Waals surface area contributed by atoms with Crippen molar-refractivity contribution in [3.8, 4) is 0 Å². The van der Waals surface area contributed by atoms with Gasteiger partial charge in [0.25, 0.3) is 0 Å². The van der Waals surface area contributed by atoms with Crippen molar-refractivity contribution in [1.29, 1.82) is 0 Å². The number of hydrogen-bond donors (Lipinski definition) is 0. The number of hydrogen-bond acceptors (Lipinski definition) is 2. The minimum Gasteiger partial charge on any atom is -0.454 e. The molecule has 0 fully saturated rings. The fourth-order valence-electron chi connectivity index (χ4n) is 2.95. The van der Waals surface area contributed by atoms with E-state index in [4.69, 9.17) is 4.74 Å². The number of carbonyl (C=O) groups excluding carboxylic acids is 1. The van der Waals surface area contributed by atoms with Gasteiger partial charge in [-0.1, -0.05) is 71.9 Å². The third kappa shape index (κ3) is 4.83. The first-order valence-corrected chi connectivity index (χ1v) is 8.48. The second-order valence-corrected chi connectivity index (χ2v) is 9.59. The third-order valence-electron chi connectivity index (χ3n) is 4.81.